The van der Waals surface area contributed by atoms with Crippen molar-refractivity contribution in [3.63, 3.8) is 0 Å². The average molecular weight is 385 g/mol. The fourth-order valence-electron chi connectivity index (χ4n) is 3.71. The number of rotatable bonds is 5. The summed E-state index contributed by atoms with van der Waals surface area (Å²) in [6, 6.07) is 5.81. The lowest BCUT2D eigenvalue weighted by Crippen LogP contribution is -2.41. The highest BCUT2D eigenvalue weighted by Gasteiger charge is 2.40. The largest absolute Gasteiger partial charge is 0.496 e. The monoisotopic (exact) mass is 385 g/mol. The predicted molar refractivity (Wildman–Crippen MR) is 106 cm³/mol. The number of methoxy groups -OCH3 is 1. The van der Waals surface area contributed by atoms with Gasteiger partial charge in [-0.2, -0.15) is 0 Å². The number of esters is 1. The van der Waals surface area contributed by atoms with Gasteiger partial charge >= 0.3 is 5.97 Å². The lowest BCUT2D eigenvalue weighted by Gasteiger charge is -2.37. The topological polar surface area (TPSA) is 106 Å². The van der Waals surface area contributed by atoms with Crippen molar-refractivity contribution in [1.82, 2.24) is 10.6 Å². The molecule has 2 aliphatic heterocycles. The zero-order valence-corrected chi connectivity index (χ0v) is 16.6. The van der Waals surface area contributed by atoms with Crippen molar-refractivity contribution in [3.05, 3.63) is 63.6 Å². The molecule has 0 saturated heterocycles. The highest BCUT2D eigenvalue weighted by molar-refractivity contribution is 5.93. The number of ether oxygens (including phenoxy) is 2. The number of allylic oxidation sites excluding steroid dienone is 2. The molecule has 0 aliphatic carbocycles. The molecule has 2 unspecified atom stereocenters. The smallest absolute Gasteiger partial charge is 0.336 e. The van der Waals surface area contributed by atoms with Gasteiger partial charge in [0.2, 0.25) is 0 Å². The van der Waals surface area contributed by atoms with Gasteiger partial charge in [0, 0.05) is 41.2 Å². The summed E-state index contributed by atoms with van der Waals surface area (Å²) in [6.07, 6.45) is 0.804. The molecule has 28 heavy (non-hydrogen) atoms. The summed E-state index contributed by atoms with van der Waals surface area (Å²) in [5.74, 6) is -0.340. The molecule has 2 atom stereocenters. The van der Waals surface area contributed by atoms with Gasteiger partial charge in [-0.1, -0.05) is 12.1 Å². The molecule has 7 nitrogen and oxygen atoms in total. The second kappa shape index (κ2) is 8.08. The number of benzene rings is 1. The molecular formula is C21H27N3O4. The van der Waals surface area contributed by atoms with E-state index in [0.717, 1.165) is 22.4 Å². The van der Waals surface area contributed by atoms with Gasteiger partial charge in [0.25, 0.3) is 0 Å². The number of hydrogen-bond acceptors (Lipinski definition) is 7. The van der Waals surface area contributed by atoms with Gasteiger partial charge in [-0.15, -0.1) is 0 Å². The first-order valence-electron chi connectivity index (χ1n) is 9.23. The molecular weight excluding hydrogens is 358 g/mol. The molecule has 0 aromatic heterocycles. The third kappa shape index (κ3) is 3.50. The Bertz CT molecular complexity index is 886. The quantitative estimate of drug-likeness (QED) is 0.570. The predicted octanol–water partition coefficient (Wildman–Crippen LogP) is 1.55. The normalized spacial score (nSPS) is 21.4. The Kier molecular flexibility index (Phi) is 5.76. The minimum Gasteiger partial charge on any atom is -0.496 e. The highest BCUT2D eigenvalue weighted by Crippen LogP contribution is 2.45. The van der Waals surface area contributed by atoms with E-state index < -0.39 is 18.1 Å². The minimum absolute atomic E-state index is 0.124. The van der Waals surface area contributed by atoms with Gasteiger partial charge in [-0.3, -0.25) is 0 Å². The van der Waals surface area contributed by atoms with Crippen molar-refractivity contribution in [2.45, 2.75) is 32.9 Å². The molecule has 0 amide bonds. The number of dihydropyridines is 2. The van der Waals surface area contributed by atoms with Crippen LogP contribution in [-0.2, 0) is 9.53 Å². The van der Waals surface area contributed by atoms with Gasteiger partial charge in [-0.25, -0.2) is 4.79 Å². The number of nitrogens with one attached hydrogen (secondary N) is 2. The number of nitrogens with two attached hydrogens (primary N) is 1. The second-order valence-electron chi connectivity index (χ2n) is 6.99. The Labute approximate surface area is 164 Å². The molecule has 0 radical (unpaired) electrons. The molecule has 1 aromatic carbocycles. The average Bonchev–Trinajstić information content (AvgIpc) is 2.68. The zero-order chi connectivity index (χ0) is 20.4. The Hall–Kier alpha value is -2.77. The number of aliphatic hydroxyl groups excluding tert-OH is 1. The van der Waals surface area contributed by atoms with Crippen LogP contribution in [0.1, 0.15) is 30.9 Å². The maximum absolute atomic E-state index is 12.9. The summed E-state index contributed by atoms with van der Waals surface area (Å²) in [7, 11) is 1.60. The van der Waals surface area contributed by atoms with E-state index in [-0.39, 0.29) is 13.2 Å². The molecule has 2 heterocycles. The molecule has 0 spiro atoms. The Morgan fingerprint density at radius 2 is 2.04 bits per heavy atom. The van der Waals surface area contributed by atoms with Crippen molar-refractivity contribution < 1.29 is 19.4 Å². The summed E-state index contributed by atoms with van der Waals surface area (Å²) in [5.41, 5.74) is 10.8. The maximum Gasteiger partial charge on any atom is 0.336 e. The van der Waals surface area contributed by atoms with Crippen molar-refractivity contribution in [2.75, 3.05) is 20.3 Å². The van der Waals surface area contributed by atoms with E-state index in [0.29, 0.717) is 22.6 Å². The van der Waals surface area contributed by atoms with Gasteiger partial charge in [0.1, 0.15) is 18.6 Å². The molecule has 150 valence electrons. The molecule has 0 fully saturated rings. The van der Waals surface area contributed by atoms with Crippen LogP contribution in [0, 0.1) is 6.92 Å². The van der Waals surface area contributed by atoms with E-state index in [2.05, 4.69) is 10.6 Å². The highest BCUT2D eigenvalue weighted by atomic mass is 16.5. The first-order chi connectivity index (χ1) is 13.4. The van der Waals surface area contributed by atoms with Gasteiger partial charge in [0.15, 0.2) is 0 Å². The van der Waals surface area contributed by atoms with Crippen molar-refractivity contribution in [3.8, 4) is 5.75 Å². The number of hydrogen-bond donors (Lipinski definition) is 4. The molecule has 5 N–H and O–H groups in total. The Balaban J connectivity index is 2.22. The molecule has 2 aliphatic rings. The minimum atomic E-state index is -0.951. The van der Waals surface area contributed by atoms with E-state index in [1.165, 1.54) is 0 Å². The number of aryl methyl sites for hydroxylation is 1. The van der Waals surface area contributed by atoms with Gasteiger partial charge in [-0.05, 0) is 38.0 Å². The van der Waals surface area contributed by atoms with E-state index in [9.17, 15) is 9.90 Å². The van der Waals surface area contributed by atoms with E-state index in [4.69, 9.17) is 15.2 Å². The van der Waals surface area contributed by atoms with Crippen LogP contribution >= 0.6 is 0 Å². The van der Waals surface area contributed by atoms with Crippen LogP contribution in [0.3, 0.4) is 0 Å². The van der Waals surface area contributed by atoms with E-state index >= 15 is 0 Å². The standard InChI is InChI=1S/C21H27N3O4/c1-11-5-6-14(15(9-11)27-4)17-16(21(26)28-8-7-22)13(3)24-19-12(2)10-23-20(25)18(17)19/h5-6,9-10,17,20,23-25H,7-8,22H2,1-4H3. The molecule has 7 heteroatoms. The number of carbonyl (C=O) groups excluding carboxylic acids is 1. The third-order valence-corrected chi connectivity index (χ3v) is 5.02. The van der Waals surface area contributed by atoms with Crippen molar-refractivity contribution in [2.24, 2.45) is 5.73 Å². The first kappa shape index (κ1) is 20.0. The third-order valence-electron chi connectivity index (χ3n) is 5.02. The van der Waals surface area contributed by atoms with Crippen LogP contribution in [-0.4, -0.2) is 37.6 Å². The Morgan fingerprint density at radius 3 is 2.71 bits per heavy atom. The van der Waals surface area contributed by atoms with Crippen LogP contribution in [0.25, 0.3) is 0 Å². The summed E-state index contributed by atoms with van der Waals surface area (Å²) in [6.45, 7) is 6.11. The van der Waals surface area contributed by atoms with Crippen LogP contribution in [0.15, 0.2) is 52.5 Å². The number of aliphatic hydroxyl groups is 1. The van der Waals surface area contributed by atoms with Crippen LogP contribution < -0.4 is 21.1 Å². The van der Waals surface area contributed by atoms with Crippen LogP contribution in [0.5, 0.6) is 5.75 Å². The van der Waals surface area contributed by atoms with Crippen molar-refractivity contribution in [1.29, 1.82) is 0 Å². The SMILES string of the molecule is COc1cc(C)ccc1C1C(C(=O)OCCN)=C(C)NC2=C1C(O)NC=C2C. The molecule has 0 bridgehead atoms. The van der Waals surface area contributed by atoms with E-state index in [1.54, 1.807) is 13.3 Å². The summed E-state index contributed by atoms with van der Waals surface area (Å²) < 4.78 is 11.0. The van der Waals surface area contributed by atoms with Gasteiger partial charge < -0.3 is 30.9 Å². The fraction of sp³-hybridized carbons (Fsp3) is 0.381. The maximum atomic E-state index is 12.9. The van der Waals surface area contributed by atoms with Crippen LogP contribution in [0.4, 0.5) is 0 Å². The lowest BCUT2D eigenvalue weighted by atomic mass is 9.77. The second-order valence-corrected chi connectivity index (χ2v) is 6.99. The zero-order valence-electron chi connectivity index (χ0n) is 16.6. The van der Waals surface area contributed by atoms with Gasteiger partial charge in [0.05, 0.1) is 12.7 Å². The molecule has 3 rings (SSSR count). The summed E-state index contributed by atoms with van der Waals surface area (Å²) >= 11 is 0. The van der Waals surface area contributed by atoms with Crippen LogP contribution in [0.2, 0.25) is 0 Å². The summed E-state index contributed by atoms with van der Waals surface area (Å²) in [5, 5.41) is 17.0. The van der Waals surface area contributed by atoms with E-state index in [1.807, 2.05) is 39.0 Å². The Morgan fingerprint density at radius 1 is 1.29 bits per heavy atom. The number of carbonyl (C=O) groups is 1. The molecule has 0 saturated carbocycles. The first-order valence-corrected chi connectivity index (χ1v) is 9.23. The summed E-state index contributed by atoms with van der Waals surface area (Å²) in [4.78, 5) is 12.9. The fourth-order valence-corrected chi connectivity index (χ4v) is 3.71. The van der Waals surface area contributed by atoms with Crippen molar-refractivity contribution >= 4 is 5.97 Å². The molecule has 1 aromatic rings. The lowest BCUT2D eigenvalue weighted by molar-refractivity contribution is -0.139.